The maximum absolute atomic E-state index is 11.9. The predicted octanol–water partition coefficient (Wildman–Crippen LogP) is -0.0502. The quantitative estimate of drug-likeness (QED) is 0.813. The molecule has 0 spiro atoms. The number of carbonyl (C=O) groups is 2. The standard InChI is InChI=1S/C12H15N3O4S/c1-20(18,19)11-5-3-9(7-14-11)15-12(17)8-2-4-10(16)13-6-8/h3,5,7-8H,2,4,6H2,1H3,(H,13,16)(H,15,17). The molecule has 1 fully saturated rings. The van der Waals surface area contributed by atoms with Gasteiger partial charge in [-0.2, -0.15) is 0 Å². The van der Waals surface area contributed by atoms with Crippen molar-refractivity contribution in [2.24, 2.45) is 5.92 Å². The Balaban J connectivity index is 2.00. The van der Waals surface area contributed by atoms with Crippen LogP contribution in [0.15, 0.2) is 23.4 Å². The van der Waals surface area contributed by atoms with E-state index in [0.29, 0.717) is 25.1 Å². The summed E-state index contributed by atoms with van der Waals surface area (Å²) in [5.74, 6) is -0.533. The first-order valence-electron chi connectivity index (χ1n) is 6.10. The van der Waals surface area contributed by atoms with Crippen molar-refractivity contribution in [3.63, 3.8) is 0 Å². The first-order chi connectivity index (χ1) is 9.36. The Labute approximate surface area is 116 Å². The van der Waals surface area contributed by atoms with E-state index in [1.165, 1.54) is 18.3 Å². The molecule has 0 aliphatic carbocycles. The van der Waals surface area contributed by atoms with Gasteiger partial charge in [0.2, 0.25) is 11.8 Å². The van der Waals surface area contributed by atoms with Crippen LogP contribution in [0.4, 0.5) is 5.69 Å². The summed E-state index contributed by atoms with van der Waals surface area (Å²) in [5, 5.41) is 5.25. The molecule has 20 heavy (non-hydrogen) atoms. The predicted molar refractivity (Wildman–Crippen MR) is 71.7 cm³/mol. The number of amides is 2. The summed E-state index contributed by atoms with van der Waals surface area (Å²) < 4.78 is 22.5. The zero-order valence-corrected chi connectivity index (χ0v) is 11.7. The van der Waals surface area contributed by atoms with Crippen LogP contribution >= 0.6 is 0 Å². The molecule has 2 N–H and O–H groups in total. The van der Waals surface area contributed by atoms with E-state index in [4.69, 9.17) is 0 Å². The summed E-state index contributed by atoms with van der Waals surface area (Å²) in [7, 11) is -3.35. The molecule has 1 aliphatic rings. The van der Waals surface area contributed by atoms with Gasteiger partial charge in [0.25, 0.3) is 0 Å². The Morgan fingerprint density at radius 3 is 2.70 bits per heavy atom. The van der Waals surface area contributed by atoms with Crippen molar-refractivity contribution in [1.29, 1.82) is 0 Å². The zero-order valence-electron chi connectivity index (χ0n) is 10.9. The Bertz CT molecular complexity index is 615. The third kappa shape index (κ3) is 3.53. The van der Waals surface area contributed by atoms with Gasteiger partial charge in [-0.15, -0.1) is 0 Å². The Hall–Kier alpha value is -1.96. The van der Waals surface area contributed by atoms with Crippen LogP contribution < -0.4 is 10.6 Å². The third-order valence-corrected chi connectivity index (χ3v) is 4.02. The number of rotatable bonds is 3. The van der Waals surface area contributed by atoms with Gasteiger partial charge in [-0.25, -0.2) is 13.4 Å². The minimum absolute atomic E-state index is 0.0413. The Kier molecular flexibility index (Phi) is 4.03. The van der Waals surface area contributed by atoms with Gasteiger partial charge in [0, 0.05) is 19.2 Å². The van der Waals surface area contributed by atoms with Crippen molar-refractivity contribution in [3.8, 4) is 0 Å². The molecule has 8 heteroatoms. The van der Waals surface area contributed by atoms with Crippen LogP contribution in [0.5, 0.6) is 0 Å². The highest BCUT2D eigenvalue weighted by Gasteiger charge is 2.24. The lowest BCUT2D eigenvalue weighted by Crippen LogP contribution is -2.40. The number of hydrogen-bond donors (Lipinski definition) is 2. The molecule has 1 aromatic heterocycles. The summed E-state index contributed by atoms with van der Waals surface area (Å²) in [5.41, 5.74) is 0.430. The van der Waals surface area contributed by atoms with Gasteiger partial charge < -0.3 is 10.6 Å². The lowest BCUT2D eigenvalue weighted by atomic mass is 9.98. The van der Waals surface area contributed by atoms with E-state index >= 15 is 0 Å². The van der Waals surface area contributed by atoms with E-state index in [9.17, 15) is 18.0 Å². The normalized spacial score (nSPS) is 19.2. The number of hydrogen-bond acceptors (Lipinski definition) is 5. The van der Waals surface area contributed by atoms with E-state index < -0.39 is 9.84 Å². The van der Waals surface area contributed by atoms with Gasteiger partial charge >= 0.3 is 0 Å². The van der Waals surface area contributed by atoms with E-state index in [1.54, 1.807) is 0 Å². The van der Waals surface area contributed by atoms with Crippen LogP contribution in [0, 0.1) is 5.92 Å². The molecular weight excluding hydrogens is 282 g/mol. The molecule has 108 valence electrons. The maximum atomic E-state index is 11.9. The highest BCUT2D eigenvalue weighted by atomic mass is 32.2. The smallest absolute Gasteiger partial charge is 0.229 e. The molecule has 0 saturated carbocycles. The molecule has 1 saturated heterocycles. The number of piperidine rings is 1. The number of carbonyl (C=O) groups excluding carboxylic acids is 2. The van der Waals surface area contributed by atoms with Crippen molar-refractivity contribution >= 4 is 27.3 Å². The lowest BCUT2D eigenvalue weighted by molar-refractivity contribution is -0.126. The molecule has 2 rings (SSSR count). The van der Waals surface area contributed by atoms with Crippen molar-refractivity contribution in [2.45, 2.75) is 17.9 Å². The van der Waals surface area contributed by atoms with E-state index in [1.807, 2.05) is 0 Å². The second-order valence-electron chi connectivity index (χ2n) is 4.69. The number of aromatic nitrogens is 1. The van der Waals surface area contributed by atoms with Gasteiger partial charge in [-0.05, 0) is 18.6 Å². The average molecular weight is 297 g/mol. The van der Waals surface area contributed by atoms with Crippen LogP contribution in [-0.2, 0) is 19.4 Å². The monoisotopic (exact) mass is 297 g/mol. The number of sulfone groups is 1. The summed E-state index contributed by atoms with van der Waals surface area (Å²) in [6, 6.07) is 2.83. The minimum Gasteiger partial charge on any atom is -0.355 e. The highest BCUT2D eigenvalue weighted by Crippen LogP contribution is 2.15. The highest BCUT2D eigenvalue weighted by molar-refractivity contribution is 7.90. The van der Waals surface area contributed by atoms with Gasteiger partial charge in [0.15, 0.2) is 14.9 Å². The van der Waals surface area contributed by atoms with Crippen LogP contribution in [-0.4, -0.2) is 38.0 Å². The fraction of sp³-hybridized carbons (Fsp3) is 0.417. The second-order valence-corrected chi connectivity index (χ2v) is 6.65. The Morgan fingerprint density at radius 1 is 1.45 bits per heavy atom. The van der Waals surface area contributed by atoms with E-state index in [0.717, 1.165) is 6.26 Å². The van der Waals surface area contributed by atoms with Crippen molar-refractivity contribution in [1.82, 2.24) is 10.3 Å². The molecule has 0 bridgehead atoms. The SMILES string of the molecule is CS(=O)(=O)c1ccc(NC(=O)C2CCC(=O)NC2)cn1. The number of pyridine rings is 1. The zero-order chi connectivity index (χ0) is 14.8. The summed E-state index contributed by atoms with van der Waals surface area (Å²) >= 11 is 0. The molecule has 1 aromatic rings. The van der Waals surface area contributed by atoms with Crippen LogP contribution in [0.2, 0.25) is 0 Å². The molecular formula is C12H15N3O4S. The average Bonchev–Trinajstić information content (AvgIpc) is 2.39. The van der Waals surface area contributed by atoms with Crippen LogP contribution in [0.3, 0.4) is 0 Å². The Morgan fingerprint density at radius 2 is 2.20 bits per heavy atom. The fourth-order valence-electron chi connectivity index (χ4n) is 1.87. The maximum Gasteiger partial charge on any atom is 0.229 e. The largest absolute Gasteiger partial charge is 0.355 e. The first-order valence-corrected chi connectivity index (χ1v) is 7.99. The van der Waals surface area contributed by atoms with Crippen molar-refractivity contribution in [3.05, 3.63) is 18.3 Å². The first kappa shape index (κ1) is 14.4. The number of nitrogens with one attached hydrogen (secondary N) is 2. The van der Waals surface area contributed by atoms with Crippen LogP contribution in [0.25, 0.3) is 0 Å². The summed E-state index contributed by atoms with van der Waals surface area (Å²) in [6.07, 6.45) is 3.21. The molecule has 1 atom stereocenters. The van der Waals surface area contributed by atoms with E-state index in [-0.39, 0.29) is 22.8 Å². The summed E-state index contributed by atoms with van der Waals surface area (Å²) in [4.78, 5) is 26.7. The molecule has 0 radical (unpaired) electrons. The molecule has 1 aliphatic heterocycles. The molecule has 0 aromatic carbocycles. The molecule has 2 amide bonds. The number of nitrogens with zero attached hydrogens (tertiary/aromatic N) is 1. The van der Waals surface area contributed by atoms with Crippen molar-refractivity contribution < 1.29 is 18.0 Å². The summed E-state index contributed by atoms with van der Waals surface area (Å²) in [6.45, 7) is 0.319. The molecule has 2 heterocycles. The fourth-order valence-corrected chi connectivity index (χ4v) is 2.43. The third-order valence-electron chi connectivity index (χ3n) is 3.02. The number of anilines is 1. The van der Waals surface area contributed by atoms with Gasteiger partial charge in [-0.3, -0.25) is 9.59 Å². The van der Waals surface area contributed by atoms with Gasteiger partial charge in [0.05, 0.1) is 17.8 Å². The molecule has 7 nitrogen and oxygen atoms in total. The lowest BCUT2D eigenvalue weighted by Gasteiger charge is -2.21. The second kappa shape index (κ2) is 5.58. The van der Waals surface area contributed by atoms with Gasteiger partial charge in [0.1, 0.15) is 0 Å². The van der Waals surface area contributed by atoms with Gasteiger partial charge in [-0.1, -0.05) is 0 Å². The van der Waals surface area contributed by atoms with Crippen molar-refractivity contribution in [2.75, 3.05) is 18.1 Å². The van der Waals surface area contributed by atoms with E-state index in [2.05, 4.69) is 15.6 Å². The topological polar surface area (TPSA) is 105 Å². The minimum atomic E-state index is -3.35. The molecule has 1 unspecified atom stereocenters. The van der Waals surface area contributed by atoms with Crippen LogP contribution in [0.1, 0.15) is 12.8 Å².